The van der Waals surface area contributed by atoms with Gasteiger partial charge in [0, 0.05) is 12.1 Å². The van der Waals surface area contributed by atoms with Gasteiger partial charge in [-0.15, -0.1) is 0 Å². The highest BCUT2D eigenvalue weighted by Crippen LogP contribution is 2.19. The Kier molecular flexibility index (Phi) is 8.01. The van der Waals surface area contributed by atoms with Crippen molar-refractivity contribution in [3.63, 3.8) is 0 Å². The van der Waals surface area contributed by atoms with E-state index in [-0.39, 0.29) is 12.1 Å². The summed E-state index contributed by atoms with van der Waals surface area (Å²) in [6, 6.07) is 19.0. The summed E-state index contributed by atoms with van der Waals surface area (Å²) in [5, 5.41) is 0. The Morgan fingerprint density at radius 3 is 1.39 bits per heavy atom. The first-order chi connectivity index (χ1) is 10.8. The van der Waals surface area contributed by atoms with Gasteiger partial charge in [-0.2, -0.15) is 0 Å². The van der Waals surface area contributed by atoms with Crippen LogP contribution in [0.4, 0.5) is 0 Å². The highest BCUT2D eigenvalue weighted by atomic mass is 14.6. The molecule has 4 N–H and O–H groups in total. The van der Waals surface area contributed by atoms with Gasteiger partial charge in [0.25, 0.3) is 0 Å². The van der Waals surface area contributed by atoms with Crippen molar-refractivity contribution in [2.45, 2.75) is 46.7 Å². The highest BCUT2D eigenvalue weighted by molar-refractivity contribution is 5.24. The number of aryl methyl sites for hydroxylation is 1. The molecular weight excluding hydrogens is 280 g/mol. The highest BCUT2D eigenvalue weighted by Gasteiger charge is 2.09. The Balaban J connectivity index is 0.000000231. The van der Waals surface area contributed by atoms with Crippen LogP contribution in [0.5, 0.6) is 0 Å². The first-order valence-electron chi connectivity index (χ1n) is 8.45. The first kappa shape index (κ1) is 19.4. The number of hydrogen-bond acceptors (Lipinski definition) is 2. The quantitative estimate of drug-likeness (QED) is 0.835. The van der Waals surface area contributed by atoms with Crippen molar-refractivity contribution >= 4 is 0 Å². The van der Waals surface area contributed by atoms with Gasteiger partial charge in [-0.1, -0.05) is 87.9 Å². The standard InChI is InChI=1S/C11H17N.C10H15N/c1-8(2)11(12)10-6-4-9(3)5-7-10;1-8(2)10(11)9-6-4-3-5-7-9/h4-8,11H,12H2,1-3H3;3-8,10H,11H2,1-2H3/t11-;10-/m11/s1. The number of benzene rings is 2. The second kappa shape index (κ2) is 9.49. The zero-order valence-corrected chi connectivity index (χ0v) is 15.2. The molecule has 0 amide bonds. The van der Waals surface area contributed by atoms with Crippen molar-refractivity contribution in [3.8, 4) is 0 Å². The molecule has 0 saturated heterocycles. The van der Waals surface area contributed by atoms with Crippen LogP contribution in [0.15, 0.2) is 54.6 Å². The summed E-state index contributed by atoms with van der Waals surface area (Å²) >= 11 is 0. The van der Waals surface area contributed by atoms with Crippen molar-refractivity contribution in [1.82, 2.24) is 0 Å². The topological polar surface area (TPSA) is 52.0 Å². The monoisotopic (exact) mass is 312 g/mol. The van der Waals surface area contributed by atoms with E-state index in [1.54, 1.807) is 0 Å². The van der Waals surface area contributed by atoms with Crippen molar-refractivity contribution in [3.05, 3.63) is 71.3 Å². The summed E-state index contributed by atoms with van der Waals surface area (Å²) in [7, 11) is 0. The predicted molar refractivity (Wildman–Crippen MR) is 101 cm³/mol. The molecule has 0 saturated carbocycles. The Hall–Kier alpha value is -1.64. The molecular formula is C21H32N2. The fraction of sp³-hybridized carbons (Fsp3) is 0.429. The van der Waals surface area contributed by atoms with E-state index in [0.717, 1.165) is 0 Å². The van der Waals surface area contributed by atoms with Crippen molar-refractivity contribution in [1.29, 1.82) is 0 Å². The zero-order chi connectivity index (χ0) is 17.4. The molecule has 23 heavy (non-hydrogen) atoms. The molecule has 0 unspecified atom stereocenters. The van der Waals surface area contributed by atoms with E-state index in [1.807, 2.05) is 18.2 Å². The molecule has 0 heterocycles. The minimum absolute atomic E-state index is 0.172. The Morgan fingerprint density at radius 1 is 0.609 bits per heavy atom. The number of nitrogens with two attached hydrogens (primary N) is 2. The average molecular weight is 313 g/mol. The molecule has 126 valence electrons. The molecule has 2 nitrogen and oxygen atoms in total. The van der Waals surface area contributed by atoms with Crippen molar-refractivity contribution in [2.75, 3.05) is 0 Å². The maximum absolute atomic E-state index is 5.99. The van der Waals surface area contributed by atoms with Gasteiger partial charge < -0.3 is 11.5 Å². The summed E-state index contributed by atoms with van der Waals surface area (Å²) in [5.74, 6) is 1.02. The van der Waals surface area contributed by atoms with Gasteiger partial charge in [0.05, 0.1) is 0 Å². The predicted octanol–water partition coefficient (Wildman–Crippen LogP) is 4.99. The first-order valence-corrected chi connectivity index (χ1v) is 8.45. The minimum Gasteiger partial charge on any atom is -0.324 e. The lowest BCUT2D eigenvalue weighted by Gasteiger charge is -2.15. The van der Waals surface area contributed by atoms with Crippen LogP contribution in [0.1, 0.15) is 56.5 Å². The molecule has 0 spiro atoms. The normalized spacial score (nSPS) is 13.4. The van der Waals surface area contributed by atoms with Crippen LogP contribution in [0.2, 0.25) is 0 Å². The van der Waals surface area contributed by atoms with Crippen LogP contribution in [0.3, 0.4) is 0 Å². The average Bonchev–Trinajstić information content (AvgIpc) is 2.55. The molecule has 0 bridgehead atoms. The maximum Gasteiger partial charge on any atom is 0.0318 e. The molecule has 2 aromatic rings. The third-order valence-corrected chi connectivity index (χ3v) is 4.08. The molecule has 2 rings (SSSR count). The van der Waals surface area contributed by atoms with Crippen molar-refractivity contribution in [2.24, 2.45) is 23.3 Å². The van der Waals surface area contributed by atoms with Gasteiger partial charge in [-0.05, 0) is 29.9 Å². The lowest BCUT2D eigenvalue weighted by atomic mass is 9.96. The summed E-state index contributed by atoms with van der Waals surface area (Å²) in [4.78, 5) is 0. The smallest absolute Gasteiger partial charge is 0.0318 e. The van der Waals surface area contributed by atoms with E-state index < -0.39 is 0 Å². The van der Waals surface area contributed by atoms with E-state index in [9.17, 15) is 0 Å². The van der Waals surface area contributed by atoms with Gasteiger partial charge in [-0.3, -0.25) is 0 Å². The fourth-order valence-electron chi connectivity index (χ4n) is 2.23. The van der Waals surface area contributed by atoms with Crippen LogP contribution in [0, 0.1) is 18.8 Å². The molecule has 2 heteroatoms. The van der Waals surface area contributed by atoms with Gasteiger partial charge in [-0.25, -0.2) is 0 Å². The maximum atomic E-state index is 5.99. The Morgan fingerprint density at radius 2 is 1.00 bits per heavy atom. The SMILES string of the molecule is CC(C)[C@@H](N)c1ccccc1.Cc1ccc([C@H](N)C(C)C)cc1. The molecule has 0 aliphatic heterocycles. The van der Waals surface area contributed by atoms with Crippen LogP contribution < -0.4 is 11.5 Å². The number of rotatable bonds is 4. The fourth-order valence-corrected chi connectivity index (χ4v) is 2.23. The van der Waals surface area contributed by atoms with Crippen LogP contribution >= 0.6 is 0 Å². The van der Waals surface area contributed by atoms with Gasteiger partial charge in [0.2, 0.25) is 0 Å². The van der Waals surface area contributed by atoms with Crippen LogP contribution in [-0.4, -0.2) is 0 Å². The molecule has 2 aromatic carbocycles. The van der Waals surface area contributed by atoms with Crippen LogP contribution in [-0.2, 0) is 0 Å². The van der Waals surface area contributed by atoms with Gasteiger partial charge in [0.1, 0.15) is 0 Å². The molecule has 0 aliphatic rings. The van der Waals surface area contributed by atoms with Gasteiger partial charge in [0.15, 0.2) is 0 Å². The molecule has 0 fully saturated rings. The summed E-state index contributed by atoms with van der Waals surface area (Å²) < 4.78 is 0. The zero-order valence-electron chi connectivity index (χ0n) is 15.2. The largest absolute Gasteiger partial charge is 0.324 e. The van der Waals surface area contributed by atoms with Gasteiger partial charge >= 0.3 is 0 Å². The molecule has 2 atom stereocenters. The van der Waals surface area contributed by atoms with E-state index >= 15 is 0 Å². The van der Waals surface area contributed by atoms with Crippen LogP contribution in [0.25, 0.3) is 0 Å². The van der Waals surface area contributed by atoms with E-state index in [4.69, 9.17) is 11.5 Å². The Bertz CT molecular complexity index is 544. The minimum atomic E-state index is 0.172. The molecule has 0 radical (unpaired) electrons. The number of hydrogen-bond donors (Lipinski definition) is 2. The third-order valence-electron chi connectivity index (χ3n) is 4.08. The van der Waals surface area contributed by atoms with E-state index in [2.05, 4.69) is 71.0 Å². The second-order valence-corrected chi connectivity index (χ2v) is 6.86. The summed E-state index contributed by atoms with van der Waals surface area (Å²) in [5.41, 5.74) is 15.7. The summed E-state index contributed by atoms with van der Waals surface area (Å²) in [6.45, 7) is 10.6. The Labute approximate surface area is 141 Å². The summed E-state index contributed by atoms with van der Waals surface area (Å²) in [6.07, 6.45) is 0. The second-order valence-electron chi connectivity index (χ2n) is 6.86. The van der Waals surface area contributed by atoms with E-state index in [1.165, 1.54) is 16.7 Å². The lowest BCUT2D eigenvalue weighted by Crippen LogP contribution is -2.16. The molecule has 0 aromatic heterocycles. The van der Waals surface area contributed by atoms with E-state index in [0.29, 0.717) is 11.8 Å². The lowest BCUT2D eigenvalue weighted by molar-refractivity contribution is 0.514. The van der Waals surface area contributed by atoms with Crippen molar-refractivity contribution < 1.29 is 0 Å². The third kappa shape index (κ3) is 6.55. The molecule has 0 aliphatic carbocycles.